The van der Waals surface area contributed by atoms with Crippen LogP contribution in [0.25, 0.3) is 0 Å². The van der Waals surface area contributed by atoms with Crippen molar-refractivity contribution in [1.29, 1.82) is 0 Å². The zero-order chi connectivity index (χ0) is 12.5. The number of aliphatic hydroxyl groups is 1. The van der Waals surface area contributed by atoms with Crippen LogP contribution in [0.1, 0.15) is 18.6 Å². The van der Waals surface area contributed by atoms with Crippen LogP contribution in [0.15, 0.2) is 22.8 Å². The number of hydrogen-bond acceptors (Lipinski definition) is 4. The van der Waals surface area contributed by atoms with Crippen molar-refractivity contribution in [3.63, 3.8) is 0 Å². The van der Waals surface area contributed by atoms with Crippen molar-refractivity contribution < 1.29 is 14.3 Å². The van der Waals surface area contributed by atoms with Crippen molar-refractivity contribution in [3.8, 4) is 0 Å². The summed E-state index contributed by atoms with van der Waals surface area (Å²) in [5, 5.41) is 11.8. The standard InChI is InChI=1S/C12H19NO3S/c1-17-9-10(6-7-14)13-12(15)5-4-11-3-2-8-16-11/h2-3,8,10,14H,4-7,9H2,1H3,(H,13,15). The van der Waals surface area contributed by atoms with Crippen molar-refractivity contribution in [2.45, 2.75) is 25.3 Å². The number of nitrogens with one attached hydrogen (secondary N) is 1. The fraction of sp³-hybridized carbons (Fsp3) is 0.583. The maximum atomic E-state index is 11.7. The molecule has 1 unspecified atom stereocenters. The molecule has 0 radical (unpaired) electrons. The van der Waals surface area contributed by atoms with Crippen LogP contribution >= 0.6 is 11.8 Å². The molecule has 1 aromatic heterocycles. The van der Waals surface area contributed by atoms with Crippen LogP contribution in [-0.4, -0.2) is 35.7 Å². The van der Waals surface area contributed by atoms with Crippen LogP contribution < -0.4 is 5.32 Å². The minimum absolute atomic E-state index is 0.00824. The molecule has 1 aromatic rings. The van der Waals surface area contributed by atoms with Crippen LogP contribution in [0.4, 0.5) is 0 Å². The predicted octanol–water partition coefficient (Wildman–Crippen LogP) is 1.44. The smallest absolute Gasteiger partial charge is 0.220 e. The van der Waals surface area contributed by atoms with E-state index in [1.807, 2.05) is 18.4 Å². The summed E-state index contributed by atoms with van der Waals surface area (Å²) in [5.41, 5.74) is 0. The van der Waals surface area contributed by atoms with Crippen LogP contribution in [0.5, 0.6) is 0 Å². The van der Waals surface area contributed by atoms with E-state index in [9.17, 15) is 4.79 Å². The molecule has 5 heteroatoms. The third kappa shape index (κ3) is 5.79. The average molecular weight is 257 g/mol. The summed E-state index contributed by atoms with van der Waals surface area (Å²) in [7, 11) is 0. The van der Waals surface area contributed by atoms with Crippen molar-refractivity contribution in [1.82, 2.24) is 5.32 Å². The number of hydrogen-bond donors (Lipinski definition) is 2. The van der Waals surface area contributed by atoms with Gasteiger partial charge in [0.05, 0.1) is 6.26 Å². The molecule has 0 bridgehead atoms. The molecule has 0 aliphatic heterocycles. The molecule has 0 saturated heterocycles. The Balaban J connectivity index is 2.26. The van der Waals surface area contributed by atoms with Crippen LogP contribution in [0, 0.1) is 0 Å². The van der Waals surface area contributed by atoms with Gasteiger partial charge in [-0.2, -0.15) is 11.8 Å². The van der Waals surface area contributed by atoms with Crippen molar-refractivity contribution >= 4 is 17.7 Å². The van der Waals surface area contributed by atoms with Gasteiger partial charge in [0, 0.05) is 31.2 Å². The van der Waals surface area contributed by atoms with E-state index < -0.39 is 0 Å². The molecular formula is C12H19NO3S. The number of carbonyl (C=O) groups excluding carboxylic acids is 1. The monoisotopic (exact) mass is 257 g/mol. The number of aliphatic hydroxyl groups excluding tert-OH is 1. The Kier molecular flexibility index (Phi) is 6.81. The first-order valence-corrected chi connectivity index (χ1v) is 7.07. The van der Waals surface area contributed by atoms with Gasteiger partial charge in [-0.3, -0.25) is 4.79 Å². The number of rotatable bonds is 8. The topological polar surface area (TPSA) is 62.5 Å². The lowest BCUT2D eigenvalue weighted by molar-refractivity contribution is -0.121. The van der Waals surface area contributed by atoms with E-state index in [2.05, 4.69) is 5.32 Å². The molecule has 0 saturated carbocycles. The highest BCUT2D eigenvalue weighted by Crippen LogP contribution is 2.05. The minimum Gasteiger partial charge on any atom is -0.469 e. The summed E-state index contributed by atoms with van der Waals surface area (Å²) >= 11 is 1.66. The highest BCUT2D eigenvalue weighted by Gasteiger charge is 2.11. The molecule has 96 valence electrons. The average Bonchev–Trinajstić information content (AvgIpc) is 2.80. The van der Waals surface area contributed by atoms with Gasteiger partial charge in [-0.05, 0) is 24.8 Å². The highest BCUT2D eigenvalue weighted by atomic mass is 32.2. The maximum absolute atomic E-state index is 11.7. The van der Waals surface area contributed by atoms with Gasteiger partial charge < -0.3 is 14.8 Å². The second-order valence-electron chi connectivity index (χ2n) is 3.81. The van der Waals surface area contributed by atoms with E-state index >= 15 is 0 Å². The molecule has 0 aliphatic rings. The van der Waals surface area contributed by atoms with Crippen LogP contribution in [0.3, 0.4) is 0 Å². The molecule has 0 spiro atoms. The summed E-state index contributed by atoms with van der Waals surface area (Å²) in [4.78, 5) is 11.7. The molecule has 2 N–H and O–H groups in total. The third-order valence-electron chi connectivity index (χ3n) is 2.39. The SMILES string of the molecule is CSCC(CCO)NC(=O)CCc1ccco1. The van der Waals surface area contributed by atoms with E-state index in [1.54, 1.807) is 18.0 Å². The zero-order valence-corrected chi connectivity index (χ0v) is 10.8. The fourth-order valence-corrected chi connectivity index (χ4v) is 2.20. The molecule has 0 aliphatic carbocycles. The molecule has 1 atom stereocenters. The first-order chi connectivity index (χ1) is 8.26. The summed E-state index contributed by atoms with van der Waals surface area (Å²) < 4.78 is 5.16. The highest BCUT2D eigenvalue weighted by molar-refractivity contribution is 7.98. The fourth-order valence-electron chi connectivity index (χ4n) is 1.55. The van der Waals surface area contributed by atoms with E-state index in [0.29, 0.717) is 19.3 Å². The van der Waals surface area contributed by atoms with E-state index in [0.717, 1.165) is 11.5 Å². The van der Waals surface area contributed by atoms with Gasteiger partial charge in [0.25, 0.3) is 0 Å². The summed E-state index contributed by atoms with van der Waals surface area (Å²) in [6.45, 7) is 0.101. The van der Waals surface area contributed by atoms with Crippen molar-refractivity contribution in [2.75, 3.05) is 18.6 Å². The second-order valence-corrected chi connectivity index (χ2v) is 4.72. The molecule has 1 amide bonds. The maximum Gasteiger partial charge on any atom is 0.220 e. The normalized spacial score (nSPS) is 12.4. The first-order valence-electron chi connectivity index (χ1n) is 5.67. The Morgan fingerprint density at radius 3 is 3.06 bits per heavy atom. The Labute approximate surface area is 106 Å². The Hall–Kier alpha value is -0.940. The van der Waals surface area contributed by atoms with E-state index in [4.69, 9.17) is 9.52 Å². The van der Waals surface area contributed by atoms with Gasteiger partial charge in [-0.25, -0.2) is 0 Å². The summed E-state index contributed by atoms with van der Waals surface area (Å²) in [5.74, 6) is 1.66. The van der Waals surface area contributed by atoms with Crippen molar-refractivity contribution in [3.05, 3.63) is 24.2 Å². The number of thioether (sulfide) groups is 1. The van der Waals surface area contributed by atoms with E-state index in [1.165, 1.54) is 0 Å². The zero-order valence-electron chi connectivity index (χ0n) is 10.0. The quantitative estimate of drug-likeness (QED) is 0.740. The number of aryl methyl sites for hydroxylation is 1. The van der Waals surface area contributed by atoms with Crippen LogP contribution in [-0.2, 0) is 11.2 Å². The summed E-state index contributed by atoms with van der Waals surface area (Å²) in [6.07, 6.45) is 5.23. The van der Waals surface area contributed by atoms with Gasteiger partial charge in [-0.15, -0.1) is 0 Å². The van der Waals surface area contributed by atoms with Gasteiger partial charge in [-0.1, -0.05) is 0 Å². The molecule has 4 nitrogen and oxygen atoms in total. The molecule has 1 rings (SSSR count). The first kappa shape index (κ1) is 14.1. The molecule has 17 heavy (non-hydrogen) atoms. The van der Waals surface area contributed by atoms with Gasteiger partial charge in [0.2, 0.25) is 5.91 Å². The second kappa shape index (κ2) is 8.20. The number of furan rings is 1. The lowest BCUT2D eigenvalue weighted by Gasteiger charge is -2.16. The lowest BCUT2D eigenvalue weighted by atomic mass is 10.2. The Morgan fingerprint density at radius 1 is 1.65 bits per heavy atom. The number of carbonyl (C=O) groups is 1. The van der Waals surface area contributed by atoms with Crippen LogP contribution in [0.2, 0.25) is 0 Å². The van der Waals surface area contributed by atoms with Gasteiger partial charge >= 0.3 is 0 Å². The number of amides is 1. The third-order valence-corrected chi connectivity index (χ3v) is 3.12. The Bertz CT molecular complexity index is 308. The molecule has 0 fully saturated rings. The van der Waals surface area contributed by atoms with Gasteiger partial charge in [0.15, 0.2) is 0 Å². The summed E-state index contributed by atoms with van der Waals surface area (Å²) in [6, 6.07) is 3.73. The van der Waals surface area contributed by atoms with Crippen molar-refractivity contribution in [2.24, 2.45) is 0 Å². The molecule has 0 aromatic carbocycles. The largest absolute Gasteiger partial charge is 0.469 e. The lowest BCUT2D eigenvalue weighted by Crippen LogP contribution is -2.37. The van der Waals surface area contributed by atoms with Gasteiger partial charge in [0.1, 0.15) is 5.76 Å². The Morgan fingerprint density at radius 2 is 2.47 bits per heavy atom. The predicted molar refractivity (Wildman–Crippen MR) is 69.0 cm³/mol. The minimum atomic E-state index is 0.00824. The molecular weight excluding hydrogens is 238 g/mol. The molecule has 1 heterocycles. The van der Waals surface area contributed by atoms with E-state index in [-0.39, 0.29) is 18.6 Å².